The van der Waals surface area contributed by atoms with Crippen LogP contribution in [0.1, 0.15) is 10.4 Å². The first-order chi connectivity index (χ1) is 7.47. The minimum absolute atomic E-state index is 0.0801. The molecule has 0 aliphatic carbocycles. The van der Waals surface area contributed by atoms with Gasteiger partial charge in [0.25, 0.3) is 11.6 Å². The molecule has 0 aliphatic heterocycles. The van der Waals surface area contributed by atoms with Gasteiger partial charge in [-0.25, -0.2) is 5.06 Å². The largest absolute Gasteiger partial charge is 0.278 e. The molecule has 0 unspecified atom stereocenters. The Morgan fingerprint density at radius 2 is 2.19 bits per heavy atom. The molecule has 0 saturated heterocycles. The summed E-state index contributed by atoms with van der Waals surface area (Å²) in [6.07, 6.45) is 0. The average molecular weight is 289 g/mol. The van der Waals surface area contributed by atoms with Crippen LogP contribution in [0.5, 0.6) is 0 Å². The zero-order valence-corrected chi connectivity index (χ0v) is 10.2. The molecule has 1 rings (SSSR count). The lowest BCUT2D eigenvalue weighted by molar-refractivity contribution is -0.384. The number of carbonyl (C=O) groups excluding carboxylic acids is 1. The predicted molar refractivity (Wildman–Crippen MR) is 59.9 cm³/mol. The number of carbonyl (C=O) groups is 1. The van der Waals surface area contributed by atoms with Gasteiger partial charge in [0.2, 0.25) is 0 Å². The SMILES string of the molecule is CON(C)C(=O)c1ccc([N+](=O)[O-])cc1Br. The molecular weight excluding hydrogens is 280 g/mol. The summed E-state index contributed by atoms with van der Waals surface area (Å²) in [6.45, 7) is 0. The maximum absolute atomic E-state index is 11.7. The van der Waals surface area contributed by atoms with Gasteiger partial charge in [-0.05, 0) is 22.0 Å². The van der Waals surface area contributed by atoms with Crippen molar-refractivity contribution in [3.05, 3.63) is 38.3 Å². The van der Waals surface area contributed by atoms with Gasteiger partial charge in [0.15, 0.2) is 0 Å². The maximum atomic E-state index is 11.7. The average Bonchev–Trinajstić information content (AvgIpc) is 2.26. The van der Waals surface area contributed by atoms with Gasteiger partial charge >= 0.3 is 0 Å². The Hall–Kier alpha value is -1.47. The molecule has 0 N–H and O–H groups in total. The third-order valence-corrected chi connectivity index (χ3v) is 2.61. The lowest BCUT2D eigenvalue weighted by Gasteiger charge is -2.14. The molecule has 0 atom stereocenters. The number of benzene rings is 1. The normalized spacial score (nSPS) is 9.94. The van der Waals surface area contributed by atoms with Crippen LogP contribution in [0.4, 0.5) is 5.69 Å². The second-order valence-electron chi connectivity index (χ2n) is 2.91. The van der Waals surface area contributed by atoms with Crippen LogP contribution in [0.3, 0.4) is 0 Å². The van der Waals surface area contributed by atoms with E-state index in [0.29, 0.717) is 10.0 Å². The third-order valence-electron chi connectivity index (χ3n) is 1.95. The van der Waals surface area contributed by atoms with Crippen LogP contribution >= 0.6 is 15.9 Å². The second-order valence-corrected chi connectivity index (χ2v) is 3.76. The van der Waals surface area contributed by atoms with Crippen LogP contribution in [0.25, 0.3) is 0 Å². The summed E-state index contributed by atoms with van der Waals surface area (Å²) in [5, 5.41) is 11.5. The molecule has 86 valence electrons. The molecule has 0 fully saturated rings. The van der Waals surface area contributed by atoms with Crippen LogP contribution in [0.15, 0.2) is 22.7 Å². The molecule has 6 nitrogen and oxygen atoms in total. The van der Waals surface area contributed by atoms with E-state index in [9.17, 15) is 14.9 Å². The minimum Gasteiger partial charge on any atom is -0.274 e. The highest BCUT2D eigenvalue weighted by molar-refractivity contribution is 9.10. The van der Waals surface area contributed by atoms with Gasteiger partial charge in [-0.3, -0.25) is 19.7 Å². The molecule has 0 aromatic heterocycles. The quantitative estimate of drug-likeness (QED) is 0.630. The summed E-state index contributed by atoms with van der Waals surface area (Å²) >= 11 is 3.11. The molecule has 0 spiro atoms. The minimum atomic E-state index is -0.529. The monoisotopic (exact) mass is 288 g/mol. The number of nitro groups is 1. The Kier molecular flexibility index (Phi) is 3.97. The number of hydrogen-bond acceptors (Lipinski definition) is 4. The highest BCUT2D eigenvalue weighted by atomic mass is 79.9. The van der Waals surface area contributed by atoms with Crippen LogP contribution in [0, 0.1) is 10.1 Å². The Morgan fingerprint density at radius 3 is 2.62 bits per heavy atom. The fraction of sp³-hybridized carbons (Fsp3) is 0.222. The van der Waals surface area contributed by atoms with Crippen LogP contribution in [-0.2, 0) is 4.84 Å². The van der Waals surface area contributed by atoms with Gasteiger partial charge in [0, 0.05) is 23.7 Å². The number of nitro benzene ring substituents is 1. The topological polar surface area (TPSA) is 72.7 Å². The molecule has 0 aliphatic rings. The summed E-state index contributed by atoms with van der Waals surface area (Å²) in [5.74, 6) is -0.385. The molecule has 1 aromatic carbocycles. The van der Waals surface area contributed by atoms with Gasteiger partial charge in [-0.15, -0.1) is 0 Å². The summed E-state index contributed by atoms with van der Waals surface area (Å²) in [5.41, 5.74) is 0.221. The number of nitrogens with zero attached hydrogens (tertiary/aromatic N) is 2. The molecule has 0 heterocycles. The summed E-state index contributed by atoms with van der Waals surface area (Å²) < 4.78 is 0.357. The van der Waals surface area contributed by atoms with Crippen molar-refractivity contribution in [2.75, 3.05) is 14.2 Å². The molecule has 0 bridgehead atoms. The summed E-state index contributed by atoms with van der Waals surface area (Å²) in [6, 6.07) is 3.91. The zero-order valence-electron chi connectivity index (χ0n) is 8.64. The van der Waals surface area contributed by atoms with E-state index < -0.39 is 4.92 Å². The van der Waals surface area contributed by atoms with Crippen LogP contribution < -0.4 is 0 Å². The zero-order chi connectivity index (χ0) is 12.3. The molecule has 0 saturated carbocycles. The molecule has 1 amide bonds. The number of non-ortho nitro benzene ring substituents is 1. The van der Waals surface area contributed by atoms with E-state index in [0.717, 1.165) is 5.06 Å². The van der Waals surface area contributed by atoms with E-state index in [4.69, 9.17) is 4.84 Å². The fourth-order valence-electron chi connectivity index (χ4n) is 1.04. The first-order valence-electron chi connectivity index (χ1n) is 4.23. The van der Waals surface area contributed by atoms with E-state index in [-0.39, 0.29) is 11.6 Å². The van der Waals surface area contributed by atoms with Crippen molar-refractivity contribution in [3.8, 4) is 0 Å². The number of rotatable bonds is 3. The lowest BCUT2D eigenvalue weighted by atomic mass is 10.2. The van der Waals surface area contributed by atoms with Crippen molar-refractivity contribution >= 4 is 27.5 Å². The first kappa shape index (κ1) is 12.6. The van der Waals surface area contributed by atoms with Crippen molar-refractivity contribution in [1.29, 1.82) is 0 Å². The van der Waals surface area contributed by atoms with Crippen molar-refractivity contribution in [2.24, 2.45) is 0 Å². The van der Waals surface area contributed by atoms with Crippen LogP contribution in [-0.4, -0.2) is 30.1 Å². The molecule has 16 heavy (non-hydrogen) atoms. The van der Waals surface area contributed by atoms with E-state index >= 15 is 0 Å². The van der Waals surface area contributed by atoms with E-state index in [1.807, 2.05) is 0 Å². The number of halogens is 1. The van der Waals surface area contributed by atoms with Gasteiger partial charge in [0.1, 0.15) is 0 Å². The van der Waals surface area contributed by atoms with Gasteiger partial charge < -0.3 is 0 Å². The lowest BCUT2D eigenvalue weighted by Crippen LogP contribution is -2.25. The van der Waals surface area contributed by atoms with E-state index in [2.05, 4.69) is 15.9 Å². The molecule has 0 radical (unpaired) electrons. The first-order valence-corrected chi connectivity index (χ1v) is 5.02. The molecule has 7 heteroatoms. The highest BCUT2D eigenvalue weighted by Crippen LogP contribution is 2.23. The second kappa shape index (κ2) is 5.04. The van der Waals surface area contributed by atoms with Crippen molar-refractivity contribution < 1.29 is 14.6 Å². The smallest absolute Gasteiger partial charge is 0.274 e. The Bertz CT molecular complexity index is 436. The Labute approximate surface area is 100 Å². The standard InChI is InChI=1S/C9H9BrN2O4/c1-11(16-2)9(13)7-4-3-6(12(14)15)5-8(7)10/h3-5H,1-2H3. The Balaban J connectivity index is 3.08. The number of hydroxylamine groups is 2. The van der Waals surface area contributed by atoms with Crippen molar-refractivity contribution in [2.45, 2.75) is 0 Å². The van der Waals surface area contributed by atoms with Gasteiger partial charge in [-0.2, -0.15) is 0 Å². The Morgan fingerprint density at radius 1 is 1.56 bits per heavy atom. The molecular formula is C9H9BrN2O4. The van der Waals surface area contributed by atoms with E-state index in [1.165, 1.54) is 32.4 Å². The fourth-order valence-corrected chi connectivity index (χ4v) is 1.58. The van der Waals surface area contributed by atoms with Crippen LogP contribution in [0.2, 0.25) is 0 Å². The van der Waals surface area contributed by atoms with Gasteiger partial charge in [-0.1, -0.05) is 0 Å². The van der Waals surface area contributed by atoms with E-state index in [1.54, 1.807) is 0 Å². The third kappa shape index (κ3) is 2.56. The number of hydrogen-bond donors (Lipinski definition) is 0. The van der Waals surface area contributed by atoms with Gasteiger partial charge in [0.05, 0.1) is 17.6 Å². The van der Waals surface area contributed by atoms with Crippen molar-refractivity contribution in [3.63, 3.8) is 0 Å². The highest BCUT2D eigenvalue weighted by Gasteiger charge is 2.17. The predicted octanol–water partition coefficient (Wildman–Crippen LogP) is 1.99. The van der Waals surface area contributed by atoms with Crippen molar-refractivity contribution in [1.82, 2.24) is 5.06 Å². The maximum Gasteiger partial charge on any atom is 0.278 e. The molecule has 1 aromatic rings. The summed E-state index contributed by atoms with van der Waals surface area (Å²) in [7, 11) is 2.81. The number of amides is 1. The summed E-state index contributed by atoms with van der Waals surface area (Å²) in [4.78, 5) is 26.4.